The van der Waals surface area contributed by atoms with E-state index >= 15 is 0 Å². The van der Waals surface area contributed by atoms with E-state index in [0.29, 0.717) is 10.7 Å². The second kappa shape index (κ2) is 7.68. The Kier molecular flexibility index (Phi) is 5.85. The standard InChI is InChI=1S/C17H18ClNO4S/c1-13-5-2-3-6-16(13)19(12-4-7-17(20)21)24(22,23)15-10-8-14(18)9-11-15/h2-3,5-6,8-11H,4,7,12H2,1H3,(H,20,21). The van der Waals surface area contributed by atoms with Crippen LogP contribution in [0, 0.1) is 6.92 Å². The Morgan fingerprint density at radius 2 is 1.75 bits per heavy atom. The predicted octanol–water partition coefficient (Wildman–Crippen LogP) is 3.71. The summed E-state index contributed by atoms with van der Waals surface area (Å²) >= 11 is 5.83. The molecule has 2 aromatic carbocycles. The molecule has 0 amide bonds. The summed E-state index contributed by atoms with van der Waals surface area (Å²) in [5, 5.41) is 9.27. The van der Waals surface area contributed by atoms with Gasteiger partial charge in [0.15, 0.2) is 0 Å². The lowest BCUT2D eigenvalue weighted by atomic mass is 10.2. The molecule has 0 aliphatic heterocycles. The fraction of sp³-hybridized carbons (Fsp3) is 0.235. The number of carboxylic acid groups (broad SMARTS) is 1. The molecule has 0 heterocycles. The lowest BCUT2D eigenvalue weighted by molar-refractivity contribution is -0.137. The van der Waals surface area contributed by atoms with Crippen LogP contribution in [0.15, 0.2) is 53.4 Å². The first-order valence-electron chi connectivity index (χ1n) is 7.38. The predicted molar refractivity (Wildman–Crippen MR) is 94.0 cm³/mol. The third kappa shape index (κ3) is 4.27. The number of nitrogens with zero attached hydrogens (tertiary/aromatic N) is 1. The van der Waals surface area contributed by atoms with Crippen molar-refractivity contribution in [2.75, 3.05) is 10.8 Å². The summed E-state index contributed by atoms with van der Waals surface area (Å²) in [6.45, 7) is 1.90. The van der Waals surface area contributed by atoms with Crippen LogP contribution in [0.2, 0.25) is 5.02 Å². The number of para-hydroxylation sites is 1. The van der Waals surface area contributed by atoms with Crippen molar-refractivity contribution in [2.24, 2.45) is 0 Å². The van der Waals surface area contributed by atoms with Crippen molar-refractivity contribution in [3.8, 4) is 0 Å². The second-order valence-corrected chi connectivity index (χ2v) is 7.61. The van der Waals surface area contributed by atoms with Gasteiger partial charge in [-0.25, -0.2) is 8.42 Å². The van der Waals surface area contributed by atoms with Crippen LogP contribution in [-0.2, 0) is 14.8 Å². The van der Waals surface area contributed by atoms with Gasteiger partial charge in [-0.2, -0.15) is 0 Å². The van der Waals surface area contributed by atoms with E-state index in [2.05, 4.69) is 0 Å². The number of rotatable bonds is 7. The summed E-state index contributed by atoms with van der Waals surface area (Å²) < 4.78 is 27.3. The summed E-state index contributed by atoms with van der Waals surface area (Å²) in [6.07, 6.45) is 0.120. The molecule has 24 heavy (non-hydrogen) atoms. The van der Waals surface area contributed by atoms with Gasteiger partial charge in [-0.15, -0.1) is 0 Å². The zero-order chi connectivity index (χ0) is 17.7. The average molecular weight is 368 g/mol. The molecule has 1 N–H and O–H groups in total. The molecule has 0 bridgehead atoms. The van der Waals surface area contributed by atoms with Crippen molar-refractivity contribution in [2.45, 2.75) is 24.7 Å². The van der Waals surface area contributed by atoms with Gasteiger partial charge >= 0.3 is 5.97 Å². The van der Waals surface area contributed by atoms with Crippen LogP contribution in [-0.4, -0.2) is 26.0 Å². The van der Waals surface area contributed by atoms with E-state index in [1.165, 1.54) is 28.6 Å². The van der Waals surface area contributed by atoms with E-state index in [-0.39, 0.29) is 24.3 Å². The van der Waals surface area contributed by atoms with Crippen molar-refractivity contribution < 1.29 is 18.3 Å². The first-order chi connectivity index (χ1) is 11.3. The first-order valence-corrected chi connectivity index (χ1v) is 9.20. The van der Waals surface area contributed by atoms with Crippen molar-refractivity contribution in [1.29, 1.82) is 0 Å². The van der Waals surface area contributed by atoms with Crippen LogP contribution < -0.4 is 4.31 Å². The molecule has 5 nitrogen and oxygen atoms in total. The molecule has 0 saturated heterocycles. The van der Waals surface area contributed by atoms with Gasteiger partial charge < -0.3 is 5.11 Å². The lowest BCUT2D eigenvalue weighted by Gasteiger charge is -2.26. The quantitative estimate of drug-likeness (QED) is 0.809. The highest BCUT2D eigenvalue weighted by Gasteiger charge is 2.25. The molecule has 0 fully saturated rings. The van der Waals surface area contributed by atoms with E-state index in [1.807, 2.05) is 19.1 Å². The third-order valence-electron chi connectivity index (χ3n) is 3.54. The van der Waals surface area contributed by atoms with Gasteiger partial charge in [0.2, 0.25) is 0 Å². The molecular formula is C17H18ClNO4S. The summed E-state index contributed by atoms with van der Waals surface area (Å²) in [4.78, 5) is 10.9. The molecule has 0 aliphatic rings. The van der Waals surface area contributed by atoms with E-state index in [9.17, 15) is 13.2 Å². The molecular weight excluding hydrogens is 350 g/mol. The topological polar surface area (TPSA) is 74.7 Å². The number of hydrogen-bond acceptors (Lipinski definition) is 3. The number of aliphatic carboxylic acids is 1. The number of anilines is 1. The monoisotopic (exact) mass is 367 g/mol. The molecule has 0 unspecified atom stereocenters. The average Bonchev–Trinajstić information content (AvgIpc) is 2.52. The zero-order valence-corrected chi connectivity index (χ0v) is 14.7. The molecule has 0 saturated carbocycles. The number of halogens is 1. The van der Waals surface area contributed by atoms with Gasteiger partial charge in [0.05, 0.1) is 10.6 Å². The Hall–Kier alpha value is -2.05. The van der Waals surface area contributed by atoms with E-state index in [0.717, 1.165) is 5.56 Å². The Balaban J connectivity index is 2.42. The minimum atomic E-state index is -3.81. The molecule has 0 atom stereocenters. The van der Waals surface area contributed by atoms with Crippen molar-refractivity contribution in [1.82, 2.24) is 0 Å². The van der Waals surface area contributed by atoms with E-state index < -0.39 is 16.0 Å². The van der Waals surface area contributed by atoms with Crippen LogP contribution in [0.5, 0.6) is 0 Å². The maximum absolute atomic E-state index is 13.0. The van der Waals surface area contributed by atoms with E-state index in [1.54, 1.807) is 12.1 Å². The number of hydrogen-bond donors (Lipinski definition) is 1. The Bertz CT molecular complexity index is 819. The minimum absolute atomic E-state index is 0.0854. The number of carboxylic acids is 1. The molecule has 2 rings (SSSR count). The number of benzene rings is 2. The first kappa shape index (κ1) is 18.3. The number of carbonyl (C=O) groups is 1. The van der Waals surface area contributed by atoms with Crippen molar-refractivity contribution >= 4 is 33.3 Å². The number of aryl methyl sites for hydroxylation is 1. The number of sulfonamides is 1. The summed E-state index contributed by atoms with van der Waals surface area (Å²) in [7, 11) is -3.81. The zero-order valence-electron chi connectivity index (χ0n) is 13.1. The molecule has 0 spiro atoms. The van der Waals surface area contributed by atoms with Crippen LogP contribution in [0.1, 0.15) is 18.4 Å². The van der Waals surface area contributed by atoms with E-state index in [4.69, 9.17) is 16.7 Å². The van der Waals surface area contributed by atoms with Crippen LogP contribution >= 0.6 is 11.6 Å². The van der Waals surface area contributed by atoms with Crippen molar-refractivity contribution in [3.05, 3.63) is 59.1 Å². The highest BCUT2D eigenvalue weighted by molar-refractivity contribution is 7.92. The van der Waals surface area contributed by atoms with Crippen LogP contribution in [0.3, 0.4) is 0 Å². The maximum Gasteiger partial charge on any atom is 0.303 e. The Morgan fingerprint density at radius 1 is 1.12 bits per heavy atom. The smallest absolute Gasteiger partial charge is 0.303 e. The third-order valence-corrected chi connectivity index (χ3v) is 5.62. The van der Waals surface area contributed by atoms with Crippen LogP contribution in [0.25, 0.3) is 0 Å². The van der Waals surface area contributed by atoms with Crippen LogP contribution in [0.4, 0.5) is 5.69 Å². The highest BCUT2D eigenvalue weighted by atomic mass is 35.5. The van der Waals surface area contributed by atoms with Crippen molar-refractivity contribution in [3.63, 3.8) is 0 Å². The van der Waals surface area contributed by atoms with Gasteiger partial charge in [0.25, 0.3) is 10.0 Å². The molecule has 0 aliphatic carbocycles. The largest absolute Gasteiger partial charge is 0.481 e. The second-order valence-electron chi connectivity index (χ2n) is 5.31. The van der Waals surface area contributed by atoms with Gasteiger partial charge in [0.1, 0.15) is 0 Å². The highest BCUT2D eigenvalue weighted by Crippen LogP contribution is 2.27. The maximum atomic E-state index is 13.0. The Morgan fingerprint density at radius 3 is 2.33 bits per heavy atom. The molecule has 0 aromatic heterocycles. The van der Waals surface area contributed by atoms with Gasteiger partial charge in [-0.05, 0) is 49.2 Å². The molecule has 7 heteroatoms. The van der Waals surface area contributed by atoms with Gasteiger partial charge in [-0.1, -0.05) is 29.8 Å². The molecule has 2 aromatic rings. The van der Waals surface area contributed by atoms with Gasteiger partial charge in [-0.3, -0.25) is 9.10 Å². The molecule has 0 radical (unpaired) electrons. The fourth-order valence-electron chi connectivity index (χ4n) is 2.32. The Labute approximate surface area is 146 Å². The summed E-state index contributed by atoms with van der Waals surface area (Å²) in [6, 6.07) is 13.0. The fourth-order valence-corrected chi connectivity index (χ4v) is 4.01. The molecule has 128 valence electrons. The summed E-state index contributed by atoms with van der Waals surface area (Å²) in [5.41, 5.74) is 1.34. The lowest BCUT2D eigenvalue weighted by Crippen LogP contribution is -2.32. The SMILES string of the molecule is Cc1ccccc1N(CCCC(=O)O)S(=O)(=O)c1ccc(Cl)cc1. The normalized spacial score (nSPS) is 11.2. The summed E-state index contributed by atoms with van der Waals surface area (Å²) in [5.74, 6) is -0.955. The minimum Gasteiger partial charge on any atom is -0.481 e. The van der Waals surface area contributed by atoms with Gasteiger partial charge in [0, 0.05) is 18.0 Å².